The predicted molar refractivity (Wildman–Crippen MR) is 55.9 cm³/mol. The van der Waals surface area contributed by atoms with Gasteiger partial charge in [-0.05, 0) is 51.2 Å². The molecule has 0 bridgehead atoms. The summed E-state index contributed by atoms with van der Waals surface area (Å²) in [7, 11) is 0. The molecule has 0 unspecified atom stereocenters. The van der Waals surface area contributed by atoms with E-state index in [0.29, 0.717) is 0 Å². The Bertz CT molecular complexity index is 152. The van der Waals surface area contributed by atoms with Gasteiger partial charge in [0.15, 0.2) is 0 Å². The van der Waals surface area contributed by atoms with E-state index in [1.807, 2.05) is 0 Å². The minimum absolute atomic E-state index is 0.893. The van der Waals surface area contributed by atoms with E-state index in [1.54, 1.807) is 0 Å². The summed E-state index contributed by atoms with van der Waals surface area (Å²) in [6.45, 7) is 7.57. The highest BCUT2D eigenvalue weighted by Crippen LogP contribution is 2.21. The lowest BCUT2D eigenvalue weighted by Crippen LogP contribution is -2.47. The first kappa shape index (κ1) is 9.47. The van der Waals surface area contributed by atoms with Crippen LogP contribution in [0.1, 0.15) is 32.6 Å². The molecule has 2 saturated heterocycles. The summed E-state index contributed by atoms with van der Waals surface area (Å²) in [6, 6.07) is 0.893. The van der Waals surface area contributed by atoms with Crippen LogP contribution < -0.4 is 5.32 Å². The maximum Gasteiger partial charge on any atom is 0.0119 e. The first-order chi connectivity index (χ1) is 6.36. The summed E-state index contributed by atoms with van der Waals surface area (Å²) < 4.78 is 0. The van der Waals surface area contributed by atoms with Crippen molar-refractivity contribution in [2.75, 3.05) is 26.2 Å². The Morgan fingerprint density at radius 1 is 1.15 bits per heavy atom. The van der Waals surface area contributed by atoms with Crippen LogP contribution in [0, 0.1) is 5.92 Å². The molecule has 0 aromatic rings. The van der Waals surface area contributed by atoms with Gasteiger partial charge in [0.1, 0.15) is 0 Å². The number of rotatable bonds is 1. The topological polar surface area (TPSA) is 15.3 Å². The molecule has 1 atom stereocenters. The Labute approximate surface area is 81.7 Å². The van der Waals surface area contributed by atoms with Crippen molar-refractivity contribution in [2.45, 2.75) is 38.6 Å². The molecule has 1 N–H and O–H groups in total. The van der Waals surface area contributed by atoms with Crippen LogP contribution in [-0.4, -0.2) is 37.1 Å². The fraction of sp³-hybridized carbons (Fsp3) is 1.00. The molecule has 0 amide bonds. The van der Waals surface area contributed by atoms with Gasteiger partial charge in [-0.3, -0.25) is 0 Å². The van der Waals surface area contributed by atoms with Crippen LogP contribution in [0.25, 0.3) is 0 Å². The fourth-order valence-corrected chi connectivity index (χ4v) is 2.73. The molecule has 0 aromatic heterocycles. The molecule has 0 radical (unpaired) electrons. The van der Waals surface area contributed by atoms with E-state index < -0.39 is 0 Å². The second-order valence-corrected chi connectivity index (χ2v) is 4.72. The van der Waals surface area contributed by atoms with Gasteiger partial charge in [0, 0.05) is 12.6 Å². The lowest BCUT2D eigenvalue weighted by atomic mass is 9.96. The Morgan fingerprint density at radius 3 is 2.62 bits per heavy atom. The van der Waals surface area contributed by atoms with Gasteiger partial charge in [-0.2, -0.15) is 0 Å². The average molecular weight is 182 g/mol. The van der Waals surface area contributed by atoms with E-state index in [-0.39, 0.29) is 0 Å². The molecule has 0 aliphatic carbocycles. The zero-order valence-electron chi connectivity index (χ0n) is 8.76. The maximum atomic E-state index is 3.44. The summed E-state index contributed by atoms with van der Waals surface area (Å²) in [5.74, 6) is 0.934. The molecule has 0 aromatic carbocycles. The highest BCUT2D eigenvalue weighted by molar-refractivity contribution is 4.81. The van der Waals surface area contributed by atoms with E-state index >= 15 is 0 Å². The number of hydrogen-bond acceptors (Lipinski definition) is 2. The molecule has 2 heterocycles. The first-order valence-corrected chi connectivity index (χ1v) is 5.81. The molecule has 2 fully saturated rings. The molecule has 2 aliphatic rings. The van der Waals surface area contributed by atoms with Crippen LogP contribution in [0.5, 0.6) is 0 Å². The van der Waals surface area contributed by atoms with Crippen molar-refractivity contribution < 1.29 is 0 Å². The zero-order chi connectivity index (χ0) is 9.10. The monoisotopic (exact) mass is 182 g/mol. The van der Waals surface area contributed by atoms with E-state index in [4.69, 9.17) is 0 Å². The molecule has 2 aliphatic heterocycles. The first-order valence-electron chi connectivity index (χ1n) is 5.81. The van der Waals surface area contributed by atoms with Crippen LogP contribution in [0.3, 0.4) is 0 Å². The van der Waals surface area contributed by atoms with E-state index in [0.717, 1.165) is 12.0 Å². The molecular weight excluding hydrogens is 160 g/mol. The van der Waals surface area contributed by atoms with Crippen molar-refractivity contribution in [3.05, 3.63) is 0 Å². The summed E-state index contributed by atoms with van der Waals surface area (Å²) >= 11 is 0. The van der Waals surface area contributed by atoms with E-state index in [2.05, 4.69) is 17.1 Å². The highest BCUT2D eigenvalue weighted by Gasteiger charge is 2.24. The second-order valence-electron chi connectivity index (χ2n) is 4.72. The lowest BCUT2D eigenvalue weighted by Gasteiger charge is -2.39. The Balaban J connectivity index is 1.83. The summed E-state index contributed by atoms with van der Waals surface area (Å²) in [6.07, 6.45) is 5.60. The van der Waals surface area contributed by atoms with Crippen molar-refractivity contribution in [1.29, 1.82) is 0 Å². The van der Waals surface area contributed by atoms with Crippen molar-refractivity contribution >= 4 is 0 Å². The number of nitrogens with zero attached hydrogens (tertiary/aromatic N) is 1. The Kier molecular flexibility index (Phi) is 3.23. The fourth-order valence-electron chi connectivity index (χ4n) is 2.73. The average Bonchev–Trinajstić information content (AvgIpc) is 2.19. The minimum atomic E-state index is 0.893. The summed E-state index contributed by atoms with van der Waals surface area (Å²) in [5.41, 5.74) is 0. The standard InChI is InChI=1S/C11H22N2/c1-10-3-2-8-13(9-10)11-4-6-12-7-5-11/h10-12H,2-9H2,1H3/t10-/m0/s1. The van der Waals surface area contributed by atoms with Crippen molar-refractivity contribution in [2.24, 2.45) is 5.92 Å². The minimum Gasteiger partial charge on any atom is -0.317 e. The number of likely N-dealkylation sites (tertiary alicyclic amines) is 1. The van der Waals surface area contributed by atoms with Crippen molar-refractivity contribution in [3.63, 3.8) is 0 Å². The molecular formula is C11H22N2. The largest absolute Gasteiger partial charge is 0.317 e. The van der Waals surface area contributed by atoms with Gasteiger partial charge in [0.25, 0.3) is 0 Å². The molecule has 0 spiro atoms. The highest BCUT2D eigenvalue weighted by atomic mass is 15.2. The maximum absolute atomic E-state index is 3.44. The van der Waals surface area contributed by atoms with Crippen molar-refractivity contribution in [1.82, 2.24) is 10.2 Å². The zero-order valence-corrected chi connectivity index (χ0v) is 8.76. The molecule has 2 heteroatoms. The van der Waals surface area contributed by atoms with Gasteiger partial charge in [0.2, 0.25) is 0 Å². The van der Waals surface area contributed by atoms with Crippen LogP contribution >= 0.6 is 0 Å². The summed E-state index contributed by atoms with van der Waals surface area (Å²) in [4.78, 5) is 2.73. The molecule has 0 saturated carbocycles. The quantitative estimate of drug-likeness (QED) is 0.660. The third-order valence-corrected chi connectivity index (χ3v) is 3.51. The smallest absolute Gasteiger partial charge is 0.0119 e. The van der Waals surface area contributed by atoms with E-state index in [1.165, 1.54) is 51.9 Å². The molecule has 76 valence electrons. The Morgan fingerprint density at radius 2 is 1.92 bits per heavy atom. The van der Waals surface area contributed by atoms with Gasteiger partial charge in [-0.25, -0.2) is 0 Å². The number of piperidine rings is 2. The second kappa shape index (κ2) is 4.43. The third kappa shape index (κ3) is 2.44. The van der Waals surface area contributed by atoms with Gasteiger partial charge in [-0.15, -0.1) is 0 Å². The van der Waals surface area contributed by atoms with Crippen LogP contribution in [0.2, 0.25) is 0 Å². The van der Waals surface area contributed by atoms with Gasteiger partial charge in [0.05, 0.1) is 0 Å². The molecule has 2 nitrogen and oxygen atoms in total. The normalized spacial score (nSPS) is 33.5. The predicted octanol–water partition coefficient (Wildman–Crippen LogP) is 1.47. The van der Waals surface area contributed by atoms with E-state index in [9.17, 15) is 0 Å². The third-order valence-electron chi connectivity index (χ3n) is 3.51. The summed E-state index contributed by atoms with van der Waals surface area (Å²) in [5, 5.41) is 3.44. The lowest BCUT2D eigenvalue weighted by molar-refractivity contribution is 0.108. The van der Waals surface area contributed by atoms with Gasteiger partial charge >= 0.3 is 0 Å². The van der Waals surface area contributed by atoms with Gasteiger partial charge in [-0.1, -0.05) is 6.92 Å². The molecule has 2 rings (SSSR count). The van der Waals surface area contributed by atoms with Gasteiger partial charge < -0.3 is 10.2 Å². The van der Waals surface area contributed by atoms with Crippen molar-refractivity contribution in [3.8, 4) is 0 Å². The van der Waals surface area contributed by atoms with Crippen LogP contribution in [0.4, 0.5) is 0 Å². The molecule has 13 heavy (non-hydrogen) atoms. The number of nitrogens with one attached hydrogen (secondary N) is 1. The SMILES string of the molecule is C[C@H]1CCCN(C2CCNCC2)C1. The number of hydrogen-bond donors (Lipinski definition) is 1. The van der Waals surface area contributed by atoms with Crippen LogP contribution in [-0.2, 0) is 0 Å². The van der Waals surface area contributed by atoms with Crippen LogP contribution in [0.15, 0.2) is 0 Å². The Hall–Kier alpha value is -0.0800.